The highest BCUT2D eigenvalue weighted by atomic mass is 32.2. The molecule has 2 N–H and O–H groups in total. The average Bonchev–Trinajstić information content (AvgIpc) is 2.61. The molecule has 0 aliphatic rings. The van der Waals surface area contributed by atoms with E-state index in [2.05, 4.69) is 20.7 Å². The van der Waals surface area contributed by atoms with E-state index < -0.39 is 35.6 Å². The van der Waals surface area contributed by atoms with Crippen LogP contribution in [0.1, 0.15) is 38.8 Å². The van der Waals surface area contributed by atoms with Crippen molar-refractivity contribution in [3.63, 3.8) is 0 Å². The van der Waals surface area contributed by atoms with E-state index in [0.29, 0.717) is 5.75 Å². The van der Waals surface area contributed by atoms with E-state index in [1.54, 1.807) is 20.8 Å². The maximum atomic E-state index is 12.6. The Morgan fingerprint density at radius 3 is 2.38 bits per heavy atom. The summed E-state index contributed by atoms with van der Waals surface area (Å²) in [5.74, 6) is -0.473. The standard InChI is InChI=1S/C19H27N5O4S/c1-12-6-8-14(9-7-12)10-29-11-15(22-18(27)28-19(3,4)5)17(26)21-13(2)16(25)23-24-20/h6-9,13,15H,10-11H2,1-5H3,(H,21,26)(H,22,27)/t13-,15-/m0/s1. The molecule has 1 aromatic rings. The molecule has 1 aromatic carbocycles. The van der Waals surface area contributed by atoms with E-state index in [1.807, 2.05) is 31.2 Å². The molecule has 1 rings (SSSR count). The number of hydrogen-bond donors (Lipinski definition) is 2. The quantitative estimate of drug-likeness (QED) is 0.377. The number of alkyl carbamates (subject to hydrolysis) is 1. The summed E-state index contributed by atoms with van der Waals surface area (Å²) in [6.45, 7) is 8.55. The Balaban J connectivity index is 2.76. The van der Waals surface area contributed by atoms with Crippen LogP contribution in [0.3, 0.4) is 0 Å². The fourth-order valence-corrected chi connectivity index (χ4v) is 3.13. The zero-order valence-corrected chi connectivity index (χ0v) is 18.1. The summed E-state index contributed by atoms with van der Waals surface area (Å²) in [6.07, 6.45) is -0.734. The Bertz CT molecular complexity index is 770. The van der Waals surface area contributed by atoms with Crippen molar-refractivity contribution in [3.8, 4) is 0 Å². The third-order valence-corrected chi connectivity index (χ3v) is 4.66. The van der Waals surface area contributed by atoms with E-state index in [0.717, 1.165) is 11.1 Å². The largest absolute Gasteiger partial charge is 0.444 e. The van der Waals surface area contributed by atoms with Crippen molar-refractivity contribution in [1.82, 2.24) is 10.6 Å². The van der Waals surface area contributed by atoms with Crippen molar-refractivity contribution >= 4 is 29.7 Å². The summed E-state index contributed by atoms with van der Waals surface area (Å²) in [5, 5.41) is 7.95. The highest BCUT2D eigenvalue weighted by Crippen LogP contribution is 2.15. The molecular formula is C19H27N5O4S. The van der Waals surface area contributed by atoms with Crippen molar-refractivity contribution in [3.05, 3.63) is 45.8 Å². The molecule has 0 aromatic heterocycles. The third kappa shape index (κ3) is 9.87. The van der Waals surface area contributed by atoms with Gasteiger partial charge in [0, 0.05) is 16.4 Å². The number of azide groups is 1. The molecule has 0 fully saturated rings. The van der Waals surface area contributed by atoms with Gasteiger partial charge in [0.2, 0.25) is 11.8 Å². The van der Waals surface area contributed by atoms with Crippen molar-refractivity contribution in [2.24, 2.45) is 5.11 Å². The van der Waals surface area contributed by atoms with Gasteiger partial charge in [0.05, 0.1) is 6.04 Å². The maximum absolute atomic E-state index is 12.6. The van der Waals surface area contributed by atoms with Gasteiger partial charge < -0.3 is 15.4 Å². The molecule has 0 unspecified atom stereocenters. The molecule has 29 heavy (non-hydrogen) atoms. The van der Waals surface area contributed by atoms with Crippen molar-refractivity contribution < 1.29 is 19.1 Å². The number of aryl methyl sites for hydroxylation is 1. The zero-order valence-electron chi connectivity index (χ0n) is 17.3. The molecule has 0 bridgehead atoms. The van der Waals surface area contributed by atoms with E-state index in [4.69, 9.17) is 10.3 Å². The van der Waals surface area contributed by atoms with Crippen molar-refractivity contribution in [2.45, 2.75) is 58.1 Å². The first kappa shape index (κ1) is 24.3. The van der Waals surface area contributed by atoms with Crippen LogP contribution in [0.5, 0.6) is 0 Å². The number of nitrogens with zero attached hydrogens (tertiary/aromatic N) is 3. The predicted molar refractivity (Wildman–Crippen MR) is 112 cm³/mol. The number of rotatable bonds is 8. The minimum absolute atomic E-state index is 0.265. The van der Waals surface area contributed by atoms with E-state index in [9.17, 15) is 14.4 Å². The van der Waals surface area contributed by atoms with Gasteiger partial charge in [-0.2, -0.15) is 11.8 Å². The van der Waals surface area contributed by atoms with Crippen molar-refractivity contribution in [2.75, 3.05) is 5.75 Å². The van der Waals surface area contributed by atoms with Gasteiger partial charge in [0.25, 0.3) is 0 Å². The van der Waals surface area contributed by atoms with Crippen LogP contribution in [0.25, 0.3) is 10.4 Å². The average molecular weight is 422 g/mol. The minimum Gasteiger partial charge on any atom is -0.444 e. The van der Waals surface area contributed by atoms with Gasteiger partial charge in [-0.15, -0.1) is 0 Å². The first-order valence-electron chi connectivity index (χ1n) is 9.04. The van der Waals surface area contributed by atoms with Crippen LogP contribution in [0, 0.1) is 6.92 Å². The zero-order chi connectivity index (χ0) is 22.0. The summed E-state index contributed by atoms with van der Waals surface area (Å²) in [7, 11) is 0. The van der Waals surface area contributed by atoms with Gasteiger partial charge in [0.15, 0.2) is 0 Å². The van der Waals surface area contributed by atoms with Crippen LogP contribution in [-0.4, -0.2) is 41.3 Å². The highest BCUT2D eigenvalue weighted by molar-refractivity contribution is 7.98. The van der Waals surface area contributed by atoms with E-state index in [-0.39, 0.29) is 5.75 Å². The molecule has 0 saturated carbocycles. The lowest BCUT2D eigenvalue weighted by Crippen LogP contribution is -2.52. The lowest BCUT2D eigenvalue weighted by atomic mass is 10.2. The monoisotopic (exact) mass is 421 g/mol. The summed E-state index contributed by atoms with van der Waals surface area (Å²) in [4.78, 5) is 38.7. The Morgan fingerprint density at radius 1 is 1.21 bits per heavy atom. The lowest BCUT2D eigenvalue weighted by molar-refractivity contribution is -0.127. The van der Waals surface area contributed by atoms with Crippen LogP contribution in [0.2, 0.25) is 0 Å². The predicted octanol–water partition coefficient (Wildman–Crippen LogP) is 3.46. The maximum Gasteiger partial charge on any atom is 0.408 e. The van der Waals surface area contributed by atoms with E-state index in [1.165, 1.54) is 18.7 Å². The number of carbonyl (C=O) groups is 3. The molecular weight excluding hydrogens is 394 g/mol. The second-order valence-corrected chi connectivity index (χ2v) is 8.49. The summed E-state index contributed by atoms with van der Waals surface area (Å²) in [6, 6.07) is 6.06. The molecule has 158 valence electrons. The van der Waals surface area contributed by atoms with Gasteiger partial charge in [-0.05, 0) is 50.8 Å². The fraction of sp³-hybridized carbons (Fsp3) is 0.526. The van der Waals surface area contributed by atoms with Crippen LogP contribution < -0.4 is 10.6 Å². The molecule has 10 heteroatoms. The van der Waals surface area contributed by atoms with Crippen molar-refractivity contribution in [1.29, 1.82) is 0 Å². The summed E-state index contributed by atoms with van der Waals surface area (Å²) in [5.41, 5.74) is 9.87. The Labute approximate surface area is 174 Å². The minimum atomic E-state index is -1.01. The number of amides is 3. The molecule has 2 atom stereocenters. The van der Waals surface area contributed by atoms with Gasteiger partial charge in [-0.25, -0.2) is 4.79 Å². The third-order valence-electron chi connectivity index (χ3n) is 3.55. The first-order chi connectivity index (χ1) is 13.5. The van der Waals surface area contributed by atoms with Gasteiger partial charge >= 0.3 is 6.09 Å². The Morgan fingerprint density at radius 2 is 1.83 bits per heavy atom. The van der Waals surface area contributed by atoms with Gasteiger partial charge in [-0.1, -0.05) is 29.8 Å². The topological polar surface area (TPSA) is 133 Å². The second-order valence-electron chi connectivity index (χ2n) is 7.46. The molecule has 0 aliphatic heterocycles. The Kier molecular flexibility index (Phi) is 9.50. The molecule has 9 nitrogen and oxygen atoms in total. The number of nitrogens with one attached hydrogen (secondary N) is 2. The van der Waals surface area contributed by atoms with Crippen LogP contribution >= 0.6 is 11.8 Å². The van der Waals surface area contributed by atoms with Gasteiger partial charge in [0.1, 0.15) is 11.6 Å². The number of thioether (sulfide) groups is 1. The number of benzene rings is 1. The number of ether oxygens (including phenoxy) is 1. The van der Waals surface area contributed by atoms with E-state index >= 15 is 0 Å². The van der Waals surface area contributed by atoms with Crippen LogP contribution in [-0.2, 0) is 20.1 Å². The van der Waals surface area contributed by atoms with Gasteiger partial charge in [-0.3, -0.25) is 9.59 Å². The summed E-state index contributed by atoms with van der Waals surface area (Å²) < 4.78 is 5.21. The Hall–Kier alpha value is -2.71. The first-order valence-corrected chi connectivity index (χ1v) is 10.2. The second kappa shape index (κ2) is 11.3. The van der Waals surface area contributed by atoms with Crippen LogP contribution in [0.4, 0.5) is 4.79 Å². The van der Waals surface area contributed by atoms with Crippen LogP contribution in [0.15, 0.2) is 29.4 Å². The molecule has 0 aliphatic carbocycles. The fourth-order valence-electron chi connectivity index (χ4n) is 2.12. The molecule has 3 amide bonds. The number of carbonyl (C=O) groups excluding carboxylic acids is 3. The summed E-state index contributed by atoms with van der Waals surface area (Å²) >= 11 is 1.46. The molecule has 0 spiro atoms. The highest BCUT2D eigenvalue weighted by Gasteiger charge is 2.26. The molecule has 0 saturated heterocycles. The number of hydrogen-bond acceptors (Lipinski definition) is 5. The smallest absolute Gasteiger partial charge is 0.408 e. The molecule has 0 radical (unpaired) electrons. The lowest BCUT2D eigenvalue weighted by Gasteiger charge is -2.24. The molecule has 0 heterocycles. The normalized spacial score (nSPS) is 12.9. The SMILES string of the molecule is Cc1ccc(CSC[C@H](NC(=O)OC(C)(C)C)C(=O)N[C@@H](C)C(=O)N=[N+]=[N-])cc1.